The number of imidazole rings is 1. The molecule has 4 N–H and O–H groups in total. The molecule has 0 saturated heterocycles. The van der Waals surface area contributed by atoms with E-state index in [4.69, 9.17) is 0 Å². The average Bonchev–Trinajstić information content (AvgIpc) is 3.08. The fourth-order valence-corrected chi connectivity index (χ4v) is 2.72. The minimum absolute atomic E-state index is 0.138. The molecule has 0 bridgehead atoms. The van der Waals surface area contributed by atoms with Crippen LogP contribution in [0.5, 0.6) is 0 Å². The number of nitrogens with one attached hydrogen (secondary N) is 3. The number of aliphatic carboxylic acids is 1. The van der Waals surface area contributed by atoms with Crippen molar-refractivity contribution in [1.29, 1.82) is 0 Å². The van der Waals surface area contributed by atoms with E-state index in [1.165, 1.54) is 19.2 Å². The van der Waals surface area contributed by atoms with E-state index in [1.807, 2.05) is 0 Å². The van der Waals surface area contributed by atoms with Gasteiger partial charge in [-0.1, -0.05) is 19.8 Å². The van der Waals surface area contributed by atoms with Gasteiger partial charge in [-0.15, -0.1) is 0 Å². The highest BCUT2D eigenvalue weighted by Crippen LogP contribution is 2.36. The van der Waals surface area contributed by atoms with E-state index >= 15 is 0 Å². The Bertz CT molecular complexity index is 480. The van der Waals surface area contributed by atoms with Gasteiger partial charge in [-0.3, -0.25) is 0 Å². The number of carbonyl (C=O) groups excluding carboxylic acids is 1. The molecule has 0 aromatic carbocycles. The number of nitrogens with zero attached hydrogens (tertiary/aromatic N) is 1. The first-order valence-corrected chi connectivity index (χ1v) is 7.23. The monoisotopic (exact) mass is 294 g/mol. The Hall–Kier alpha value is -2.05. The number of carboxylic acid groups (broad SMARTS) is 1. The summed E-state index contributed by atoms with van der Waals surface area (Å²) in [5.74, 6) is -1.06. The van der Waals surface area contributed by atoms with Crippen molar-refractivity contribution in [3.63, 3.8) is 0 Å². The SMILES string of the molecule is CC1(CNC(=O)NC(Cc2cnc[nH]2)C(=O)O)CCCC1. The van der Waals surface area contributed by atoms with Crippen molar-refractivity contribution in [1.82, 2.24) is 20.6 Å². The lowest BCUT2D eigenvalue weighted by atomic mass is 9.89. The zero-order chi connectivity index (χ0) is 15.3. The zero-order valence-corrected chi connectivity index (χ0v) is 12.2. The van der Waals surface area contributed by atoms with Gasteiger partial charge in [0.1, 0.15) is 6.04 Å². The van der Waals surface area contributed by atoms with E-state index in [1.54, 1.807) is 6.20 Å². The number of hydrogen-bond donors (Lipinski definition) is 4. The third kappa shape index (κ3) is 4.47. The highest BCUT2D eigenvalue weighted by molar-refractivity contribution is 5.82. The maximum atomic E-state index is 11.9. The Labute approximate surface area is 123 Å². The van der Waals surface area contributed by atoms with Crippen LogP contribution in [0.1, 0.15) is 38.3 Å². The third-order valence-corrected chi connectivity index (χ3v) is 4.07. The van der Waals surface area contributed by atoms with Gasteiger partial charge in [0.25, 0.3) is 0 Å². The van der Waals surface area contributed by atoms with Crippen LogP contribution in [0.25, 0.3) is 0 Å². The quantitative estimate of drug-likeness (QED) is 0.634. The molecule has 1 aromatic rings. The van der Waals surface area contributed by atoms with Gasteiger partial charge in [-0.2, -0.15) is 0 Å². The van der Waals surface area contributed by atoms with Crippen LogP contribution >= 0.6 is 0 Å². The fourth-order valence-electron chi connectivity index (χ4n) is 2.72. The number of H-pyrrole nitrogens is 1. The summed E-state index contributed by atoms with van der Waals surface area (Å²) in [6, 6.07) is -1.41. The zero-order valence-electron chi connectivity index (χ0n) is 12.2. The summed E-state index contributed by atoms with van der Waals surface area (Å²) in [5.41, 5.74) is 0.810. The van der Waals surface area contributed by atoms with Crippen molar-refractivity contribution in [2.75, 3.05) is 6.54 Å². The highest BCUT2D eigenvalue weighted by Gasteiger charge is 2.29. The summed E-state index contributed by atoms with van der Waals surface area (Å²) in [4.78, 5) is 29.7. The molecule has 7 nitrogen and oxygen atoms in total. The summed E-state index contributed by atoms with van der Waals surface area (Å²) < 4.78 is 0. The lowest BCUT2D eigenvalue weighted by Gasteiger charge is -2.24. The first-order chi connectivity index (χ1) is 9.98. The average molecular weight is 294 g/mol. The summed E-state index contributed by atoms with van der Waals surface area (Å²) in [5, 5.41) is 14.5. The second kappa shape index (κ2) is 6.60. The molecule has 1 aliphatic rings. The number of carbonyl (C=O) groups is 2. The lowest BCUT2D eigenvalue weighted by molar-refractivity contribution is -0.139. The standard InChI is InChI=1S/C14H22N4O3/c1-14(4-2-3-5-14)8-16-13(21)18-11(12(19)20)6-10-7-15-9-17-10/h7,9,11H,2-6,8H2,1H3,(H,15,17)(H,19,20)(H2,16,18,21). The van der Waals surface area contributed by atoms with E-state index in [-0.39, 0.29) is 11.8 Å². The molecule has 1 atom stereocenters. The number of amides is 2. The second-order valence-corrected chi connectivity index (χ2v) is 6.02. The molecule has 1 unspecified atom stereocenters. The molecule has 1 aliphatic carbocycles. The van der Waals surface area contributed by atoms with E-state index in [2.05, 4.69) is 27.5 Å². The van der Waals surface area contributed by atoms with Crippen LogP contribution in [0.3, 0.4) is 0 Å². The number of carboxylic acids is 1. The molecule has 1 aromatic heterocycles. The molecule has 1 heterocycles. The van der Waals surface area contributed by atoms with Crippen molar-refractivity contribution in [2.45, 2.75) is 45.1 Å². The molecule has 21 heavy (non-hydrogen) atoms. The lowest BCUT2D eigenvalue weighted by Crippen LogP contribution is -2.49. The van der Waals surface area contributed by atoms with Gasteiger partial charge in [0.05, 0.1) is 6.33 Å². The number of aromatic amines is 1. The molecule has 0 aliphatic heterocycles. The summed E-state index contributed by atoms with van der Waals surface area (Å²) in [7, 11) is 0. The Kier molecular flexibility index (Phi) is 4.82. The summed E-state index contributed by atoms with van der Waals surface area (Å²) in [6.45, 7) is 2.73. The van der Waals surface area contributed by atoms with Gasteiger partial charge in [-0.25, -0.2) is 14.6 Å². The number of hydrogen-bond acceptors (Lipinski definition) is 3. The smallest absolute Gasteiger partial charge is 0.326 e. The normalized spacial score (nSPS) is 18.1. The molecule has 0 spiro atoms. The Morgan fingerprint density at radius 1 is 1.48 bits per heavy atom. The van der Waals surface area contributed by atoms with Crippen LogP contribution in [0.2, 0.25) is 0 Å². The minimum atomic E-state index is -1.06. The molecule has 2 amide bonds. The van der Waals surface area contributed by atoms with Gasteiger partial charge in [-0.05, 0) is 18.3 Å². The topological polar surface area (TPSA) is 107 Å². The van der Waals surface area contributed by atoms with Crippen LogP contribution in [-0.4, -0.2) is 39.7 Å². The second-order valence-electron chi connectivity index (χ2n) is 6.02. The van der Waals surface area contributed by atoms with Crippen molar-refractivity contribution in [3.05, 3.63) is 18.2 Å². The minimum Gasteiger partial charge on any atom is -0.480 e. The molecular weight excluding hydrogens is 272 g/mol. The Morgan fingerprint density at radius 3 is 2.76 bits per heavy atom. The predicted octanol–water partition coefficient (Wildman–Crippen LogP) is 1.28. The Morgan fingerprint density at radius 2 is 2.19 bits per heavy atom. The molecular formula is C14H22N4O3. The van der Waals surface area contributed by atoms with Crippen LogP contribution in [0, 0.1) is 5.41 Å². The number of urea groups is 1. The third-order valence-electron chi connectivity index (χ3n) is 4.07. The Balaban J connectivity index is 1.82. The first-order valence-electron chi connectivity index (χ1n) is 7.23. The summed E-state index contributed by atoms with van der Waals surface area (Å²) in [6.07, 6.45) is 7.80. The number of aromatic nitrogens is 2. The van der Waals surface area contributed by atoms with Crippen molar-refractivity contribution >= 4 is 12.0 Å². The molecule has 7 heteroatoms. The molecule has 1 fully saturated rings. The number of rotatable bonds is 6. The summed E-state index contributed by atoms with van der Waals surface area (Å²) >= 11 is 0. The molecule has 1 saturated carbocycles. The van der Waals surface area contributed by atoms with Crippen LogP contribution < -0.4 is 10.6 Å². The van der Waals surface area contributed by atoms with Gasteiger partial charge in [0.15, 0.2) is 0 Å². The highest BCUT2D eigenvalue weighted by atomic mass is 16.4. The van der Waals surface area contributed by atoms with E-state index in [0.717, 1.165) is 12.8 Å². The molecule has 2 rings (SSSR count). The van der Waals surface area contributed by atoms with Crippen LogP contribution in [-0.2, 0) is 11.2 Å². The van der Waals surface area contributed by atoms with Gasteiger partial charge in [0, 0.05) is 24.9 Å². The maximum Gasteiger partial charge on any atom is 0.326 e. The van der Waals surface area contributed by atoms with E-state index in [9.17, 15) is 14.7 Å². The van der Waals surface area contributed by atoms with Gasteiger partial charge >= 0.3 is 12.0 Å². The molecule has 0 radical (unpaired) electrons. The molecule has 116 valence electrons. The van der Waals surface area contributed by atoms with E-state index in [0.29, 0.717) is 12.2 Å². The van der Waals surface area contributed by atoms with Crippen molar-refractivity contribution in [2.24, 2.45) is 5.41 Å². The van der Waals surface area contributed by atoms with Crippen molar-refractivity contribution in [3.8, 4) is 0 Å². The van der Waals surface area contributed by atoms with Crippen molar-refractivity contribution < 1.29 is 14.7 Å². The fraction of sp³-hybridized carbons (Fsp3) is 0.643. The predicted molar refractivity (Wildman–Crippen MR) is 76.8 cm³/mol. The first kappa shape index (κ1) is 15.3. The van der Waals surface area contributed by atoms with Crippen LogP contribution in [0.4, 0.5) is 4.79 Å². The van der Waals surface area contributed by atoms with Gasteiger partial charge < -0.3 is 20.7 Å². The van der Waals surface area contributed by atoms with Crippen LogP contribution in [0.15, 0.2) is 12.5 Å². The maximum absolute atomic E-state index is 11.9. The van der Waals surface area contributed by atoms with Gasteiger partial charge in [0.2, 0.25) is 0 Å². The largest absolute Gasteiger partial charge is 0.480 e. The van der Waals surface area contributed by atoms with E-state index < -0.39 is 18.0 Å².